The summed E-state index contributed by atoms with van der Waals surface area (Å²) in [6.07, 6.45) is 4.54. The van der Waals surface area contributed by atoms with Crippen LogP contribution in [-0.4, -0.2) is 63.3 Å². The third-order valence-electron chi connectivity index (χ3n) is 6.10. The molecule has 1 fully saturated rings. The summed E-state index contributed by atoms with van der Waals surface area (Å²) in [5.74, 6) is -0.357. The van der Waals surface area contributed by atoms with Crippen molar-refractivity contribution < 1.29 is 18.0 Å². The highest BCUT2D eigenvalue weighted by molar-refractivity contribution is 7.89. The van der Waals surface area contributed by atoms with E-state index in [0.29, 0.717) is 25.3 Å². The Bertz CT molecular complexity index is 914. The van der Waals surface area contributed by atoms with E-state index >= 15 is 0 Å². The van der Waals surface area contributed by atoms with E-state index in [0.717, 1.165) is 44.3 Å². The number of nitrogens with one attached hydrogen (secondary N) is 1. The van der Waals surface area contributed by atoms with Gasteiger partial charge in [-0.1, -0.05) is 27.2 Å². The summed E-state index contributed by atoms with van der Waals surface area (Å²) in [5.41, 5.74) is 1.33. The Kier molecular flexibility index (Phi) is 7.59. The Balaban J connectivity index is 2.00. The molecule has 3 rings (SSSR count). The molecular weight excluding hydrogens is 416 g/mol. The van der Waals surface area contributed by atoms with Crippen molar-refractivity contribution >= 4 is 33.2 Å². The van der Waals surface area contributed by atoms with Crippen molar-refractivity contribution in [3.8, 4) is 0 Å². The quantitative estimate of drug-likeness (QED) is 0.583. The second-order valence-electron chi connectivity index (χ2n) is 8.07. The molecule has 0 aliphatic carbocycles. The molecule has 2 amide bonds. The fourth-order valence-electron chi connectivity index (χ4n) is 4.38. The monoisotopic (exact) mass is 450 g/mol. The topological polar surface area (TPSA) is 90.0 Å². The van der Waals surface area contributed by atoms with Crippen LogP contribution in [0.5, 0.6) is 0 Å². The number of unbranched alkanes of at least 4 members (excludes halogenated alkanes) is 1. The van der Waals surface area contributed by atoms with Crippen molar-refractivity contribution in [3.05, 3.63) is 18.2 Å². The van der Waals surface area contributed by atoms with Gasteiger partial charge in [0, 0.05) is 26.2 Å². The van der Waals surface area contributed by atoms with Crippen LogP contribution in [0.3, 0.4) is 0 Å². The summed E-state index contributed by atoms with van der Waals surface area (Å²) in [5, 5.41) is 2.86. The Morgan fingerprint density at radius 1 is 1.16 bits per heavy atom. The Morgan fingerprint density at radius 3 is 2.58 bits per heavy atom. The Labute approximate surface area is 185 Å². The molecule has 2 aliphatic heterocycles. The lowest BCUT2D eigenvalue weighted by atomic mass is 9.96. The molecule has 31 heavy (non-hydrogen) atoms. The number of carbonyl (C=O) groups excluding carboxylic acids is 2. The number of anilines is 2. The number of benzene rings is 1. The molecule has 1 saturated heterocycles. The van der Waals surface area contributed by atoms with Crippen LogP contribution >= 0.6 is 0 Å². The molecule has 0 bridgehead atoms. The van der Waals surface area contributed by atoms with Crippen molar-refractivity contribution in [2.45, 2.75) is 63.8 Å². The molecule has 0 saturated carbocycles. The third kappa shape index (κ3) is 4.72. The summed E-state index contributed by atoms with van der Waals surface area (Å²) in [4.78, 5) is 29.6. The number of hydrogen-bond acceptors (Lipinski definition) is 5. The number of carbonyl (C=O) groups is 2. The highest BCUT2D eigenvalue weighted by Crippen LogP contribution is 2.40. The third-order valence-corrected chi connectivity index (χ3v) is 8.14. The van der Waals surface area contributed by atoms with Crippen LogP contribution in [0, 0.1) is 0 Å². The lowest BCUT2D eigenvalue weighted by molar-refractivity contribution is -0.125. The van der Waals surface area contributed by atoms with Gasteiger partial charge in [-0.05, 0) is 43.9 Å². The largest absolute Gasteiger partial charge is 0.358 e. The Hall–Kier alpha value is -2.13. The van der Waals surface area contributed by atoms with Crippen LogP contribution in [0.2, 0.25) is 0 Å². The van der Waals surface area contributed by atoms with E-state index in [1.165, 1.54) is 9.21 Å². The van der Waals surface area contributed by atoms with Gasteiger partial charge >= 0.3 is 0 Å². The summed E-state index contributed by atoms with van der Waals surface area (Å²) in [7, 11) is -3.67. The van der Waals surface area contributed by atoms with Gasteiger partial charge in [0.1, 0.15) is 12.6 Å². The van der Waals surface area contributed by atoms with Crippen LogP contribution in [0.4, 0.5) is 11.4 Å². The lowest BCUT2D eigenvalue weighted by Crippen LogP contribution is -2.57. The molecule has 172 valence electrons. The zero-order chi connectivity index (χ0) is 22.6. The highest BCUT2D eigenvalue weighted by Gasteiger charge is 2.40. The van der Waals surface area contributed by atoms with Crippen molar-refractivity contribution in [1.82, 2.24) is 9.62 Å². The molecule has 0 radical (unpaired) electrons. The predicted molar refractivity (Wildman–Crippen MR) is 122 cm³/mol. The number of amides is 2. The summed E-state index contributed by atoms with van der Waals surface area (Å²) < 4.78 is 27.5. The average Bonchev–Trinajstić information content (AvgIpc) is 2.77. The van der Waals surface area contributed by atoms with Crippen LogP contribution in [0.1, 0.15) is 52.9 Å². The van der Waals surface area contributed by atoms with Gasteiger partial charge in [-0.15, -0.1) is 0 Å². The van der Waals surface area contributed by atoms with Gasteiger partial charge in [-0.25, -0.2) is 8.42 Å². The zero-order valence-electron chi connectivity index (χ0n) is 18.8. The minimum atomic E-state index is -3.67. The SMILES string of the molecule is CCCCNC(=O)CN1C(=O)[C@@H]2CCCCN2c2ccc(S(=O)(=O)N(CC)CC)cc21. The van der Waals surface area contributed by atoms with Gasteiger partial charge in [-0.2, -0.15) is 4.31 Å². The second-order valence-corrected chi connectivity index (χ2v) is 10.0. The summed E-state index contributed by atoms with van der Waals surface area (Å²) in [6.45, 7) is 7.60. The van der Waals surface area contributed by atoms with E-state index in [1.54, 1.807) is 32.0 Å². The Morgan fingerprint density at radius 2 is 1.90 bits per heavy atom. The smallest absolute Gasteiger partial charge is 0.250 e. The summed E-state index contributed by atoms with van der Waals surface area (Å²) >= 11 is 0. The molecule has 2 aliphatic rings. The van der Waals surface area contributed by atoms with Gasteiger partial charge in [0.25, 0.3) is 0 Å². The van der Waals surface area contributed by atoms with Gasteiger partial charge in [0.15, 0.2) is 0 Å². The molecule has 9 heteroatoms. The zero-order valence-corrected chi connectivity index (χ0v) is 19.6. The molecule has 2 heterocycles. The molecule has 0 aromatic heterocycles. The molecular formula is C22H34N4O4S. The van der Waals surface area contributed by atoms with Gasteiger partial charge in [-0.3, -0.25) is 14.5 Å². The molecule has 1 aromatic rings. The lowest BCUT2D eigenvalue weighted by Gasteiger charge is -2.45. The van der Waals surface area contributed by atoms with Gasteiger partial charge in [0.05, 0.1) is 16.3 Å². The second kappa shape index (κ2) is 9.99. The number of sulfonamides is 1. The highest BCUT2D eigenvalue weighted by atomic mass is 32.2. The van der Waals surface area contributed by atoms with Crippen molar-refractivity contribution in [2.24, 2.45) is 0 Å². The first-order valence-corrected chi connectivity index (χ1v) is 12.8. The predicted octanol–water partition coefficient (Wildman–Crippen LogP) is 2.34. The molecule has 0 spiro atoms. The van der Waals surface area contributed by atoms with E-state index in [-0.39, 0.29) is 29.3 Å². The number of rotatable bonds is 9. The van der Waals surface area contributed by atoms with Crippen molar-refractivity contribution in [3.63, 3.8) is 0 Å². The molecule has 1 atom stereocenters. The first-order valence-electron chi connectivity index (χ1n) is 11.3. The maximum atomic E-state index is 13.3. The van der Waals surface area contributed by atoms with E-state index < -0.39 is 10.0 Å². The standard InChI is InChI=1S/C22H34N4O4S/c1-4-7-13-23-21(27)16-26-20-15-17(31(29,30)24(5-2)6-3)11-12-18(20)25-14-9-8-10-19(25)22(26)28/h11-12,15,19H,4-10,13-14,16H2,1-3H3,(H,23,27)/t19-/m0/s1. The molecule has 8 nitrogen and oxygen atoms in total. The van der Waals surface area contributed by atoms with Crippen LogP contribution < -0.4 is 15.1 Å². The van der Waals surface area contributed by atoms with E-state index in [4.69, 9.17) is 0 Å². The van der Waals surface area contributed by atoms with Crippen molar-refractivity contribution in [2.75, 3.05) is 42.5 Å². The van der Waals surface area contributed by atoms with E-state index in [1.807, 2.05) is 6.92 Å². The van der Waals surface area contributed by atoms with E-state index in [2.05, 4.69) is 10.2 Å². The number of piperidine rings is 1. The van der Waals surface area contributed by atoms with Gasteiger partial charge in [0.2, 0.25) is 21.8 Å². The maximum Gasteiger partial charge on any atom is 0.250 e. The number of nitrogens with zero attached hydrogens (tertiary/aromatic N) is 3. The first kappa shape index (κ1) is 23.5. The van der Waals surface area contributed by atoms with Crippen molar-refractivity contribution in [1.29, 1.82) is 0 Å². The van der Waals surface area contributed by atoms with Crippen LogP contribution in [-0.2, 0) is 19.6 Å². The summed E-state index contributed by atoms with van der Waals surface area (Å²) in [6, 6.07) is 4.67. The molecule has 1 aromatic carbocycles. The van der Waals surface area contributed by atoms with Crippen LogP contribution in [0.25, 0.3) is 0 Å². The molecule has 0 unspecified atom stereocenters. The minimum absolute atomic E-state index is 0.103. The molecule has 1 N–H and O–H groups in total. The number of fused-ring (bicyclic) bond motifs is 3. The number of hydrogen-bond donors (Lipinski definition) is 1. The van der Waals surface area contributed by atoms with Gasteiger partial charge < -0.3 is 10.2 Å². The average molecular weight is 451 g/mol. The maximum absolute atomic E-state index is 13.3. The van der Waals surface area contributed by atoms with Crippen LogP contribution in [0.15, 0.2) is 23.1 Å². The first-order chi connectivity index (χ1) is 14.8. The fourth-order valence-corrected chi connectivity index (χ4v) is 5.86. The minimum Gasteiger partial charge on any atom is -0.358 e. The normalized spacial score (nSPS) is 18.7. The fraction of sp³-hybridized carbons (Fsp3) is 0.636. The van der Waals surface area contributed by atoms with E-state index in [9.17, 15) is 18.0 Å².